The van der Waals surface area contributed by atoms with Crippen LogP contribution in [0.15, 0.2) is 12.3 Å². The molecule has 0 saturated carbocycles. The van der Waals surface area contributed by atoms with E-state index in [1.54, 1.807) is 0 Å². The van der Waals surface area contributed by atoms with Gasteiger partial charge in [0, 0.05) is 19.6 Å². The van der Waals surface area contributed by atoms with Crippen molar-refractivity contribution in [1.82, 2.24) is 10.0 Å². The molecule has 3 heteroatoms. The summed E-state index contributed by atoms with van der Waals surface area (Å²) in [6.07, 6.45) is 1.09. The van der Waals surface area contributed by atoms with Crippen molar-refractivity contribution in [3.63, 3.8) is 0 Å². The van der Waals surface area contributed by atoms with Crippen LogP contribution in [0.1, 0.15) is 27.2 Å². The van der Waals surface area contributed by atoms with Crippen LogP contribution in [0.2, 0.25) is 0 Å². The van der Waals surface area contributed by atoms with Crippen LogP contribution in [-0.4, -0.2) is 41.3 Å². The molecule has 0 heterocycles. The van der Waals surface area contributed by atoms with Crippen molar-refractivity contribution < 1.29 is 5.11 Å². The van der Waals surface area contributed by atoms with Gasteiger partial charge >= 0.3 is 0 Å². The molecule has 0 spiro atoms. The lowest BCUT2D eigenvalue weighted by Crippen LogP contribution is -2.43. The van der Waals surface area contributed by atoms with Gasteiger partial charge in [-0.15, -0.1) is 0 Å². The smallest absolute Gasteiger partial charge is 0.101 e. The summed E-state index contributed by atoms with van der Waals surface area (Å²) in [6.45, 7) is 13.4. The third kappa shape index (κ3) is 4.90. The Bertz CT molecular complexity index is 144. The second kappa shape index (κ2) is 6.92. The van der Waals surface area contributed by atoms with Gasteiger partial charge in [0.2, 0.25) is 0 Å². The van der Waals surface area contributed by atoms with Crippen molar-refractivity contribution in [3.8, 4) is 0 Å². The second-order valence-electron chi connectivity index (χ2n) is 3.09. The van der Waals surface area contributed by atoms with E-state index in [9.17, 15) is 0 Å². The van der Waals surface area contributed by atoms with Gasteiger partial charge in [-0.05, 0) is 6.42 Å². The van der Waals surface area contributed by atoms with Crippen LogP contribution in [0.5, 0.6) is 0 Å². The molecule has 0 aliphatic heterocycles. The second-order valence-corrected chi connectivity index (χ2v) is 3.09. The zero-order chi connectivity index (χ0) is 10.3. The molecule has 13 heavy (non-hydrogen) atoms. The number of rotatable bonds is 7. The van der Waals surface area contributed by atoms with E-state index < -0.39 is 0 Å². The van der Waals surface area contributed by atoms with Gasteiger partial charge in [0.15, 0.2) is 0 Å². The maximum Gasteiger partial charge on any atom is 0.101 e. The van der Waals surface area contributed by atoms with E-state index in [-0.39, 0.29) is 5.76 Å². The molecule has 0 unspecified atom stereocenters. The molecule has 0 fully saturated rings. The summed E-state index contributed by atoms with van der Waals surface area (Å²) in [5.74, 6) is 0.236. The highest BCUT2D eigenvalue weighted by Gasteiger charge is 2.11. The fourth-order valence-corrected chi connectivity index (χ4v) is 1.41. The molecular weight excluding hydrogens is 164 g/mol. The number of nitrogens with zero attached hydrogens (tertiary/aromatic N) is 2. The third-order valence-corrected chi connectivity index (χ3v) is 1.98. The Morgan fingerprint density at radius 1 is 1.15 bits per heavy atom. The van der Waals surface area contributed by atoms with Crippen molar-refractivity contribution in [2.75, 3.05) is 26.2 Å². The minimum Gasteiger partial charge on any atom is -0.512 e. The van der Waals surface area contributed by atoms with Gasteiger partial charge in [0.05, 0.1) is 6.54 Å². The van der Waals surface area contributed by atoms with Gasteiger partial charge in [-0.1, -0.05) is 27.4 Å². The van der Waals surface area contributed by atoms with Gasteiger partial charge < -0.3 is 5.11 Å². The average molecular weight is 186 g/mol. The Hall–Kier alpha value is -0.540. The van der Waals surface area contributed by atoms with Crippen LogP contribution >= 0.6 is 0 Å². The topological polar surface area (TPSA) is 26.7 Å². The molecular formula is C10H22N2O. The molecule has 0 rings (SSSR count). The lowest BCUT2D eigenvalue weighted by atomic mass is 10.4. The van der Waals surface area contributed by atoms with Crippen molar-refractivity contribution in [2.45, 2.75) is 27.2 Å². The van der Waals surface area contributed by atoms with E-state index in [2.05, 4.69) is 37.4 Å². The summed E-state index contributed by atoms with van der Waals surface area (Å²) in [5.41, 5.74) is 0. The lowest BCUT2D eigenvalue weighted by Gasteiger charge is -2.32. The minimum atomic E-state index is 0.236. The SMILES string of the molecule is C=C(O)CN(CCC)N(CC)CC. The van der Waals surface area contributed by atoms with Crippen molar-refractivity contribution in [2.24, 2.45) is 0 Å². The highest BCUT2D eigenvalue weighted by Crippen LogP contribution is 2.01. The predicted molar refractivity (Wildman–Crippen MR) is 56.6 cm³/mol. The summed E-state index contributed by atoms with van der Waals surface area (Å²) in [5, 5.41) is 13.5. The van der Waals surface area contributed by atoms with Crippen LogP contribution in [0.25, 0.3) is 0 Å². The summed E-state index contributed by atoms with van der Waals surface area (Å²) in [7, 11) is 0. The maximum absolute atomic E-state index is 9.13. The zero-order valence-corrected chi connectivity index (χ0v) is 9.08. The Balaban J connectivity index is 4.11. The summed E-state index contributed by atoms with van der Waals surface area (Å²) in [6, 6.07) is 0. The number of aliphatic hydroxyl groups excluding tert-OH is 1. The normalized spacial score (nSPS) is 11.2. The van der Waals surface area contributed by atoms with E-state index in [4.69, 9.17) is 5.11 Å². The molecule has 0 amide bonds. The molecule has 0 aliphatic rings. The fourth-order valence-electron chi connectivity index (χ4n) is 1.41. The molecule has 0 aromatic heterocycles. The number of hydrogen-bond acceptors (Lipinski definition) is 3. The molecule has 0 aromatic rings. The van der Waals surface area contributed by atoms with E-state index in [0.717, 1.165) is 26.1 Å². The first-order valence-corrected chi connectivity index (χ1v) is 5.02. The lowest BCUT2D eigenvalue weighted by molar-refractivity contribution is -0.0151. The average Bonchev–Trinajstić information content (AvgIpc) is 2.05. The number of aliphatic hydroxyl groups is 1. The van der Waals surface area contributed by atoms with E-state index >= 15 is 0 Å². The van der Waals surface area contributed by atoms with Crippen LogP contribution in [-0.2, 0) is 0 Å². The van der Waals surface area contributed by atoms with Crippen molar-refractivity contribution >= 4 is 0 Å². The van der Waals surface area contributed by atoms with Crippen molar-refractivity contribution in [3.05, 3.63) is 12.3 Å². The molecule has 1 N–H and O–H groups in total. The molecule has 78 valence electrons. The maximum atomic E-state index is 9.13. The highest BCUT2D eigenvalue weighted by atomic mass is 16.3. The van der Waals surface area contributed by atoms with Crippen LogP contribution in [0.4, 0.5) is 0 Å². The Morgan fingerprint density at radius 3 is 2.00 bits per heavy atom. The first kappa shape index (κ1) is 12.5. The fraction of sp³-hybridized carbons (Fsp3) is 0.800. The van der Waals surface area contributed by atoms with Gasteiger partial charge in [-0.2, -0.15) is 0 Å². The Morgan fingerprint density at radius 2 is 1.69 bits per heavy atom. The summed E-state index contributed by atoms with van der Waals surface area (Å²) in [4.78, 5) is 0. The summed E-state index contributed by atoms with van der Waals surface area (Å²) >= 11 is 0. The molecule has 0 saturated heterocycles. The minimum absolute atomic E-state index is 0.236. The van der Waals surface area contributed by atoms with Crippen LogP contribution in [0, 0.1) is 0 Å². The first-order valence-electron chi connectivity index (χ1n) is 5.02. The van der Waals surface area contributed by atoms with Gasteiger partial charge in [0.1, 0.15) is 5.76 Å². The number of hydrazine groups is 1. The van der Waals surface area contributed by atoms with Gasteiger partial charge in [0.25, 0.3) is 0 Å². The Kier molecular flexibility index (Phi) is 6.63. The standard InChI is InChI=1S/C10H22N2O/c1-5-8-12(9-10(4)13)11(6-2)7-3/h13H,4-9H2,1-3H3. The molecule has 0 aliphatic carbocycles. The predicted octanol–water partition coefficient (Wildman–Crippen LogP) is 2.03. The van der Waals surface area contributed by atoms with E-state index in [0.29, 0.717) is 6.54 Å². The largest absolute Gasteiger partial charge is 0.512 e. The highest BCUT2D eigenvalue weighted by molar-refractivity contribution is 4.82. The molecule has 3 nitrogen and oxygen atoms in total. The molecule has 0 aromatic carbocycles. The van der Waals surface area contributed by atoms with Gasteiger partial charge in [-0.3, -0.25) is 0 Å². The molecule has 0 atom stereocenters. The van der Waals surface area contributed by atoms with Crippen LogP contribution < -0.4 is 0 Å². The third-order valence-electron chi connectivity index (χ3n) is 1.98. The van der Waals surface area contributed by atoms with Crippen molar-refractivity contribution in [1.29, 1.82) is 0 Å². The Labute approximate surface area is 81.6 Å². The van der Waals surface area contributed by atoms with E-state index in [1.165, 1.54) is 0 Å². The van der Waals surface area contributed by atoms with E-state index in [1.807, 2.05) is 0 Å². The number of hydrogen-bond donors (Lipinski definition) is 1. The molecule has 0 radical (unpaired) electrons. The summed E-state index contributed by atoms with van der Waals surface area (Å²) < 4.78 is 0. The zero-order valence-electron chi connectivity index (χ0n) is 9.08. The van der Waals surface area contributed by atoms with Gasteiger partial charge in [-0.25, -0.2) is 10.0 Å². The van der Waals surface area contributed by atoms with Crippen LogP contribution in [0.3, 0.4) is 0 Å². The quantitative estimate of drug-likeness (QED) is 0.487. The molecule has 0 bridgehead atoms. The monoisotopic (exact) mass is 186 g/mol. The first-order chi connectivity index (χ1) is 6.15.